The number of nitrogens with one attached hydrogen (secondary N) is 1. The van der Waals surface area contributed by atoms with Gasteiger partial charge in [-0.2, -0.15) is 0 Å². The second kappa shape index (κ2) is 8.39. The molecule has 8 nitrogen and oxygen atoms in total. The fourth-order valence-corrected chi connectivity index (χ4v) is 3.27. The molecule has 0 radical (unpaired) electrons. The predicted molar refractivity (Wildman–Crippen MR) is 115 cm³/mol. The number of carbonyl (C=O) groups excluding carboxylic acids is 1. The molecule has 4 aromatic rings. The highest BCUT2D eigenvalue weighted by molar-refractivity contribution is 5.92. The minimum Gasteiger partial charge on any atom is -0.496 e. The highest BCUT2D eigenvalue weighted by Gasteiger charge is 2.14. The number of amides is 1. The number of hydrogen-bond acceptors (Lipinski definition) is 6. The van der Waals surface area contributed by atoms with Crippen LogP contribution in [0.5, 0.6) is 5.75 Å². The topological polar surface area (TPSA) is 84.6 Å². The number of rotatable bonds is 6. The van der Waals surface area contributed by atoms with Gasteiger partial charge in [-0.1, -0.05) is 12.1 Å². The molecule has 0 fully saturated rings. The van der Waals surface area contributed by atoms with E-state index in [4.69, 9.17) is 4.74 Å². The van der Waals surface area contributed by atoms with Gasteiger partial charge in [0.2, 0.25) is 0 Å². The number of aromatic nitrogens is 4. The van der Waals surface area contributed by atoms with Crippen LogP contribution in [0.3, 0.4) is 0 Å². The summed E-state index contributed by atoms with van der Waals surface area (Å²) >= 11 is 0. The lowest BCUT2D eigenvalue weighted by molar-refractivity contribution is 0.0822. The molecule has 0 aliphatic carbocycles. The lowest BCUT2D eigenvalue weighted by atomic mass is 10.1. The van der Waals surface area contributed by atoms with Gasteiger partial charge in [-0.05, 0) is 30.3 Å². The Morgan fingerprint density at radius 1 is 1.19 bits per heavy atom. The Morgan fingerprint density at radius 3 is 2.74 bits per heavy atom. The summed E-state index contributed by atoms with van der Waals surface area (Å²) in [5.41, 5.74) is 3.02. The van der Waals surface area contributed by atoms with E-state index in [-0.39, 0.29) is 18.3 Å². The molecule has 0 saturated heterocycles. The van der Waals surface area contributed by atoms with Crippen molar-refractivity contribution in [1.82, 2.24) is 24.5 Å². The second-order valence-corrected chi connectivity index (χ2v) is 7.06. The molecule has 1 amide bonds. The van der Waals surface area contributed by atoms with Gasteiger partial charge in [0, 0.05) is 43.5 Å². The first-order valence-corrected chi connectivity index (χ1v) is 9.55. The number of fused-ring (bicyclic) bond motifs is 1. The zero-order valence-electron chi connectivity index (χ0n) is 17.3. The Balaban J connectivity index is 1.63. The Hall–Kier alpha value is -4.01. The van der Waals surface area contributed by atoms with Gasteiger partial charge in [-0.25, -0.2) is 4.39 Å². The Morgan fingerprint density at radius 2 is 2.03 bits per heavy atom. The summed E-state index contributed by atoms with van der Waals surface area (Å²) in [7, 11) is 4.87. The van der Waals surface area contributed by atoms with E-state index in [1.165, 1.54) is 18.1 Å². The van der Waals surface area contributed by atoms with Crippen molar-refractivity contribution >= 4 is 17.4 Å². The Kier molecular flexibility index (Phi) is 5.48. The molecule has 0 saturated carbocycles. The minimum atomic E-state index is -0.345. The van der Waals surface area contributed by atoms with Gasteiger partial charge in [0.1, 0.15) is 29.4 Å². The van der Waals surface area contributed by atoms with Crippen LogP contribution in [-0.4, -0.2) is 51.6 Å². The van der Waals surface area contributed by atoms with E-state index in [2.05, 4.69) is 20.5 Å². The number of pyridine rings is 2. The average molecular weight is 420 g/mol. The highest BCUT2D eigenvalue weighted by Crippen LogP contribution is 2.27. The number of benzene rings is 1. The zero-order chi connectivity index (χ0) is 22.0. The van der Waals surface area contributed by atoms with Crippen LogP contribution in [0, 0.1) is 5.82 Å². The maximum atomic E-state index is 14.2. The fourth-order valence-electron chi connectivity index (χ4n) is 3.27. The highest BCUT2D eigenvalue weighted by atomic mass is 19.1. The van der Waals surface area contributed by atoms with E-state index in [9.17, 15) is 9.18 Å². The van der Waals surface area contributed by atoms with Crippen molar-refractivity contribution in [3.05, 3.63) is 72.1 Å². The quantitative estimate of drug-likeness (QED) is 0.516. The molecule has 0 spiro atoms. The number of carbonyl (C=O) groups is 1. The van der Waals surface area contributed by atoms with Crippen LogP contribution in [-0.2, 0) is 6.54 Å². The normalized spacial score (nSPS) is 10.8. The largest absolute Gasteiger partial charge is 0.496 e. The van der Waals surface area contributed by atoms with Crippen LogP contribution < -0.4 is 10.1 Å². The summed E-state index contributed by atoms with van der Waals surface area (Å²) in [6.45, 7) is 0.228. The van der Waals surface area contributed by atoms with Crippen molar-refractivity contribution in [2.45, 2.75) is 6.54 Å². The smallest absolute Gasteiger partial charge is 0.271 e. The molecule has 0 aliphatic heterocycles. The third kappa shape index (κ3) is 3.89. The van der Waals surface area contributed by atoms with Gasteiger partial charge >= 0.3 is 0 Å². The van der Waals surface area contributed by atoms with Gasteiger partial charge in [0.05, 0.1) is 7.11 Å². The summed E-state index contributed by atoms with van der Waals surface area (Å²) in [4.78, 5) is 17.8. The SMILES string of the molecule is COc1cccc(F)c1CNc1ccc(-c2ccc(C(=O)N(C)C)nc2)c2nncn12. The maximum Gasteiger partial charge on any atom is 0.271 e. The number of ether oxygens (including phenoxy) is 1. The number of anilines is 1. The van der Waals surface area contributed by atoms with E-state index >= 15 is 0 Å². The lowest BCUT2D eigenvalue weighted by Crippen LogP contribution is -2.22. The maximum absolute atomic E-state index is 14.2. The lowest BCUT2D eigenvalue weighted by Gasteiger charge is -2.14. The van der Waals surface area contributed by atoms with Gasteiger partial charge in [0.15, 0.2) is 5.65 Å². The van der Waals surface area contributed by atoms with Crippen LogP contribution in [0.25, 0.3) is 16.8 Å². The van der Waals surface area contributed by atoms with Crippen molar-refractivity contribution in [1.29, 1.82) is 0 Å². The molecule has 0 aliphatic rings. The van der Waals surface area contributed by atoms with Crippen molar-refractivity contribution < 1.29 is 13.9 Å². The third-order valence-electron chi connectivity index (χ3n) is 4.90. The van der Waals surface area contributed by atoms with E-state index < -0.39 is 0 Å². The van der Waals surface area contributed by atoms with Crippen molar-refractivity contribution in [3.8, 4) is 16.9 Å². The minimum absolute atomic E-state index is 0.165. The summed E-state index contributed by atoms with van der Waals surface area (Å²) in [5, 5.41) is 11.5. The van der Waals surface area contributed by atoms with Gasteiger partial charge in [-0.3, -0.25) is 14.2 Å². The van der Waals surface area contributed by atoms with Crippen LogP contribution in [0.4, 0.5) is 10.2 Å². The van der Waals surface area contributed by atoms with Crippen molar-refractivity contribution in [2.75, 3.05) is 26.5 Å². The molecular formula is C22H21FN6O2. The molecule has 4 rings (SSSR count). The molecule has 9 heteroatoms. The van der Waals surface area contributed by atoms with Crippen LogP contribution in [0.2, 0.25) is 0 Å². The Bertz CT molecular complexity index is 1240. The molecule has 0 atom stereocenters. The van der Waals surface area contributed by atoms with Crippen LogP contribution in [0.1, 0.15) is 16.1 Å². The molecule has 3 heterocycles. The van der Waals surface area contributed by atoms with Gasteiger partial charge < -0.3 is 15.0 Å². The summed E-state index contributed by atoms with van der Waals surface area (Å²) in [6, 6.07) is 12.0. The molecule has 3 aromatic heterocycles. The van der Waals surface area contributed by atoms with Crippen LogP contribution >= 0.6 is 0 Å². The number of nitrogens with zero attached hydrogens (tertiary/aromatic N) is 5. The second-order valence-electron chi connectivity index (χ2n) is 7.06. The third-order valence-corrected chi connectivity index (χ3v) is 4.90. The van der Waals surface area contributed by atoms with Crippen molar-refractivity contribution in [3.63, 3.8) is 0 Å². The first kappa shape index (κ1) is 20.3. The van der Waals surface area contributed by atoms with Crippen molar-refractivity contribution in [2.24, 2.45) is 0 Å². The first-order chi connectivity index (χ1) is 15.0. The molecule has 158 valence electrons. The van der Waals surface area contributed by atoms with Gasteiger partial charge in [0.25, 0.3) is 5.91 Å². The standard InChI is InChI=1S/C22H21FN6O2/c1-28(2)22(30)18-9-7-14(11-24-18)15-8-10-20(29-13-26-27-21(15)29)25-12-16-17(23)5-4-6-19(16)31-3/h4-11,13,25H,12H2,1-3H3. The number of methoxy groups -OCH3 is 1. The van der Waals surface area contributed by atoms with Gasteiger partial charge in [-0.15, -0.1) is 10.2 Å². The summed E-state index contributed by atoms with van der Waals surface area (Å²) in [5.74, 6) is 0.660. The molecule has 1 aromatic carbocycles. The van der Waals surface area contributed by atoms with E-state index in [1.54, 1.807) is 49.2 Å². The summed E-state index contributed by atoms with van der Waals surface area (Å²) in [6.07, 6.45) is 3.22. The average Bonchev–Trinajstić information content (AvgIpc) is 3.28. The molecule has 0 bridgehead atoms. The number of hydrogen-bond donors (Lipinski definition) is 1. The Labute approximate surface area is 178 Å². The van der Waals surface area contributed by atoms with E-state index in [0.29, 0.717) is 28.5 Å². The summed E-state index contributed by atoms with van der Waals surface area (Å²) < 4.78 is 21.3. The fraction of sp³-hybridized carbons (Fsp3) is 0.182. The molecule has 0 unspecified atom stereocenters. The zero-order valence-corrected chi connectivity index (χ0v) is 17.3. The monoisotopic (exact) mass is 420 g/mol. The molecule has 1 N–H and O–H groups in total. The molecular weight excluding hydrogens is 399 g/mol. The van der Waals surface area contributed by atoms with E-state index in [1.807, 2.05) is 18.2 Å². The number of halogens is 1. The predicted octanol–water partition coefficient (Wildman–Crippen LogP) is 3.25. The van der Waals surface area contributed by atoms with Crippen LogP contribution in [0.15, 0.2) is 55.0 Å². The first-order valence-electron chi connectivity index (χ1n) is 9.55. The molecule has 31 heavy (non-hydrogen) atoms. The van der Waals surface area contributed by atoms with E-state index in [0.717, 1.165) is 11.1 Å².